The predicted molar refractivity (Wildman–Crippen MR) is 105 cm³/mol. The van der Waals surface area contributed by atoms with Gasteiger partial charge in [-0.2, -0.15) is 0 Å². The lowest BCUT2D eigenvalue weighted by Crippen LogP contribution is -2.44. The molecule has 1 aromatic carbocycles. The molecule has 2 aliphatic rings. The molecular formula is C22H26FN3O3. The number of benzene rings is 1. The van der Waals surface area contributed by atoms with E-state index in [1.807, 2.05) is 12.1 Å². The second-order valence-corrected chi connectivity index (χ2v) is 8.04. The minimum absolute atomic E-state index is 0.0705. The molecule has 1 aromatic heterocycles. The molecule has 0 radical (unpaired) electrons. The Labute approximate surface area is 169 Å². The first-order valence-electron chi connectivity index (χ1n) is 10.1. The number of carbonyl (C=O) groups excluding carboxylic acids is 2. The fraction of sp³-hybridized carbons (Fsp3) is 0.455. The second kappa shape index (κ2) is 8.27. The van der Waals surface area contributed by atoms with Crippen molar-refractivity contribution in [1.82, 2.24) is 15.5 Å². The number of furan rings is 1. The minimum atomic E-state index is -0.429. The highest BCUT2D eigenvalue weighted by atomic mass is 19.1. The normalized spacial score (nSPS) is 20.2. The highest BCUT2D eigenvalue weighted by Crippen LogP contribution is 2.47. The SMILES string of the molecule is CC1CC1c1ccc(CN(C(=O)CNC(=O)NCc2ccc(F)cc2)C2CC2)o1. The standard InChI is InChI=1S/C22H26FN3O3/c1-14-10-19(14)20-9-8-18(29-20)13-26(17-6-7-17)21(27)12-25-22(28)24-11-15-2-4-16(23)5-3-15/h2-5,8-9,14,17,19H,6-7,10-13H2,1H3,(H2,24,25,28). The summed E-state index contributed by atoms with van der Waals surface area (Å²) >= 11 is 0. The van der Waals surface area contributed by atoms with Gasteiger partial charge in [-0.05, 0) is 55.0 Å². The van der Waals surface area contributed by atoms with E-state index in [9.17, 15) is 14.0 Å². The topological polar surface area (TPSA) is 74.6 Å². The number of hydrogen-bond donors (Lipinski definition) is 2. The van der Waals surface area contributed by atoms with Crippen LogP contribution in [0.5, 0.6) is 0 Å². The van der Waals surface area contributed by atoms with Gasteiger partial charge < -0.3 is 20.0 Å². The van der Waals surface area contributed by atoms with Crippen LogP contribution in [0.1, 0.15) is 49.2 Å². The van der Waals surface area contributed by atoms with Crippen LogP contribution in [0.3, 0.4) is 0 Å². The summed E-state index contributed by atoms with van der Waals surface area (Å²) in [7, 11) is 0. The summed E-state index contributed by atoms with van der Waals surface area (Å²) in [5.41, 5.74) is 0.783. The maximum absolute atomic E-state index is 12.9. The third-order valence-corrected chi connectivity index (χ3v) is 5.56. The smallest absolute Gasteiger partial charge is 0.315 e. The monoisotopic (exact) mass is 399 g/mol. The third kappa shape index (κ3) is 5.16. The fourth-order valence-electron chi connectivity index (χ4n) is 3.48. The number of hydrogen-bond acceptors (Lipinski definition) is 3. The first kappa shape index (κ1) is 19.5. The van der Waals surface area contributed by atoms with E-state index in [4.69, 9.17) is 4.42 Å². The lowest BCUT2D eigenvalue weighted by Gasteiger charge is -2.21. The van der Waals surface area contributed by atoms with Crippen LogP contribution in [-0.2, 0) is 17.9 Å². The van der Waals surface area contributed by atoms with Crippen LogP contribution < -0.4 is 10.6 Å². The van der Waals surface area contributed by atoms with E-state index >= 15 is 0 Å². The molecule has 2 aromatic rings. The molecule has 7 heteroatoms. The molecule has 6 nitrogen and oxygen atoms in total. The van der Waals surface area contributed by atoms with Crippen molar-refractivity contribution in [3.63, 3.8) is 0 Å². The van der Waals surface area contributed by atoms with E-state index in [1.165, 1.54) is 12.1 Å². The predicted octanol–water partition coefficient (Wildman–Crippen LogP) is 3.53. The van der Waals surface area contributed by atoms with Crippen molar-refractivity contribution in [3.05, 3.63) is 59.3 Å². The van der Waals surface area contributed by atoms with Gasteiger partial charge in [0.1, 0.15) is 17.3 Å². The fourth-order valence-corrected chi connectivity index (χ4v) is 3.48. The molecule has 0 bridgehead atoms. The average Bonchev–Trinajstić information content (AvgIpc) is 3.63. The van der Waals surface area contributed by atoms with E-state index in [0.29, 0.717) is 18.4 Å². The number of amides is 3. The number of nitrogens with zero attached hydrogens (tertiary/aromatic N) is 1. The van der Waals surface area contributed by atoms with Crippen LogP contribution in [0.4, 0.5) is 9.18 Å². The molecule has 2 aliphatic carbocycles. The molecule has 2 atom stereocenters. The number of nitrogens with one attached hydrogen (secondary N) is 2. The molecule has 2 fully saturated rings. The Morgan fingerprint density at radius 3 is 2.52 bits per heavy atom. The molecule has 154 valence electrons. The first-order chi connectivity index (χ1) is 14.0. The minimum Gasteiger partial charge on any atom is -0.464 e. The van der Waals surface area contributed by atoms with Gasteiger partial charge in [0.2, 0.25) is 5.91 Å². The van der Waals surface area contributed by atoms with Crippen LogP contribution in [0.15, 0.2) is 40.8 Å². The van der Waals surface area contributed by atoms with Crippen LogP contribution in [0, 0.1) is 11.7 Å². The van der Waals surface area contributed by atoms with Gasteiger partial charge in [-0.3, -0.25) is 4.79 Å². The molecule has 0 spiro atoms. The summed E-state index contributed by atoms with van der Waals surface area (Å²) in [5.74, 6) is 2.55. The molecule has 3 amide bonds. The second-order valence-electron chi connectivity index (χ2n) is 8.04. The summed E-state index contributed by atoms with van der Waals surface area (Å²) in [6.07, 6.45) is 3.13. The molecule has 2 saturated carbocycles. The Morgan fingerprint density at radius 1 is 1.14 bits per heavy atom. The summed E-state index contributed by atoms with van der Waals surface area (Å²) in [4.78, 5) is 26.4. The Kier molecular flexibility index (Phi) is 5.56. The third-order valence-electron chi connectivity index (χ3n) is 5.56. The van der Waals surface area contributed by atoms with Crippen LogP contribution in [0.2, 0.25) is 0 Å². The molecule has 2 N–H and O–H groups in total. The van der Waals surface area contributed by atoms with Crippen molar-refractivity contribution in [2.24, 2.45) is 5.92 Å². The van der Waals surface area contributed by atoms with E-state index < -0.39 is 6.03 Å². The molecule has 29 heavy (non-hydrogen) atoms. The molecule has 4 rings (SSSR count). The summed E-state index contributed by atoms with van der Waals surface area (Å²) in [6.45, 7) is 2.84. The van der Waals surface area contributed by atoms with E-state index in [1.54, 1.807) is 17.0 Å². The van der Waals surface area contributed by atoms with Crippen molar-refractivity contribution in [3.8, 4) is 0 Å². The van der Waals surface area contributed by atoms with Crippen molar-refractivity contribution >= 4 is 11.9 Å². The largest absolute Gasteiger partial charge is 0.464 e. The van der Waals surface area contributed by atoms with Crippen LogP contribution >= 0.6 is 0 Å². The Bertz CT molecular complexity index is 876. The Morgan fingerprint density at radius 2 is 1.86 bits per heavy atom. The van der Waals surface area contributed by atoms with E-state index in [0.717, 1.165) is 36.3 Å². The molecule has 0 aliphatic heterocycles. The zero-order valence-electron chi connectivity index (χ0n) is 16.5. The highest BCUT2D eigenvalue weighted by Gasteiger charge is 2.37. The molecule has 0 saturated heterocycles. The van der Waals surface area contributed by atoms with Gasteiger partial charge in [0.15, 0.2) is 0 Å². The number of urea groups is 1. The zero-order chi connectivity index (χ0) is 20.4. The summed E-state index contributed by atoms with van der Waals surface area (Å²) < 4.78 is 18.8. The number of rotatable bonds is 8. The van der Waals surface area contributed by atoms with Crippen molar-refractivity contribution in [2.45, 2.75) is 51.2 Å². The van der Waals surface area contributed by atoms with Gasteiger partial charge in [0.05, 0.1) is 13.1 Å². The summed E-state index contributed by atoms with van der Waals surface area (Å²) in [6, 6.07) is 9.66. The summed E-state index contributed by atoms with van der Waals surface area (Å²) in [5, 5.41) is 5.28. The van der Waals surface area contributed by atoms with Gasteiger partial charge in [-0.15, -0.1) is 0 Å². The molecule has 2 unspecified atom stereocenters. The maximum atomic E-state index is 12.9. The maximum Gasteiger partial charge on any atom is 0.315 e. The highest BCUT2D eigenvalue weighted by molar-refractivity contribution is 5.84. The van der Waals surface area contributed by atoms with E-state index in [-0.39, 0.29) is 30.9 Å². The quantitative estimate of drug-likeness (QED) is 0.713. The lowest BCUT2D eigenvalue weighted by atomic mass is 10.2. The van der Waals surface area contributed by atoms with E-state index in [2.05, 4.69) is 17.6 Å². The molecule has 1 heterocycles. The van der Waals surface area contributed by atoms with Gasteiger partial charge in [0, 0.05) is 18.5 Å². The van der Waals surface area contributed by atoms with Gasteiger partial charge in [0.25, 0.3) is 0 Å². The van der Waals surface area contributed by atoms with Gasteiger partial charge in [-0.1, -0.05) is 19.1 Å². The first-order valence-corrected chi connectivity index (χ1v) is 10.1. The Balaban J connectivity index is 1.25. The molecular weight excluding hydrogens is 373 g/mol. The lowest BCUT2D eigenvalue weighted by molar-refractivity contribution is -0.131. The number of carbonyl (C=O) groups is 2. The zero-order valence-corrected chi connectivity index (χ0v) is 16.5. The van der Waals surface area contributed by atoms with Crippen LogP contribution in [0.25, 0.3) is 0 Å². The van der Waals surface area contributed by atoms with Crippen molar-refractivity contribution in [1.29, 1.82) is 0 Å². The number of halogens is 1. The van der Waals surface area contributed by atoms with Crippen molar-refractivity contribution in [2.75, 3.05) is 6.54 Å². The average molecular weight is 399 g/mol. The van der Waals surface area contributed by atoms with Crippen LogP contribution in [-0.4, -0.2) is 29.4 Å². The van der Waals surface area contributed by atoms with Gasteiger partial charge in [-0.25, -0.2) is 9.18 Å². The van der Waals surface area contributed by atoms with Gasteiger partial charge >= 0.3 is 6.03 Å². The Hall–Kier alpha value is -2.83. The van der Waals surface area contributed by atoms with Crippen molar-refractivity contribution < 1.29 is 18.4 Å².